The molecule has 0 bridgehead atoms. The number of hydrogen-bond acceptors (Lipinski definition) is 3. The average molecular weight is 242 g/mol. The summed E-state index contributed by atoms with van der Waals surface area (Å²) < 4.78 is 5.25. The molecule has 0 aromatic heterocycles. The first-order valence-corrected chi connectivity index (χ1v) is 6.53. The summed E-state index contributed by atoms with van der Waals surface area (Å²) >= 11 is 0. The summed E-state index contributed by atoms with van der Waals surface area (Å²) in [6, 6.07) is 0.511. The summed E-state index contributed by atoms with van der Waals surface area (Å²) in [5, 5.41) is 2.92. The summed E-state index contributed by atoms with van der Waals surface area (Å²) in [7, 11) is 0. The Bertz CT molecular complexity index is 253. The zero-order chi connectivity index (χ0) is 13.1. The van der Waals surface area contributed by atoms with E-state index in [0.29, 0.717) is 12.0 Å². The molecule has 1 rings (SSSR count). The zero-order valence-electron chi connectivity index (χ0n) is 11.5. The van der Waals surface area contributed by atoms with Crippen LogP contribution in [0.4, 0.5) is 4.79 Å². The molecule has 17 heavy (non-hydrogen) atoms. The lowest BCUT2D eigenvalue weighted by Gasteiger charge is -2.31. The van der Waals surface area contributed by atoms with Crippen molar-refractivity contribution in [2.75, 3.05) is 0 Å². The standard InChI is InChI=1S/C13H26N2O2/c1-9(10-5-7-11(14)8-6-10)15-12(16)17-13(2,3)4/h9-11H,5-8,14H2,1-4H3,(H,15,16)/t9-,10?,11?/m1/s1. The molecule has 0 unspecified atom stereocenters. The van der Waals surface area contributed by atoms with Crippen molar-refractivity contribution >= 4 is 6.09 Å². The average Bonchev–Trinajstić information content (AvgIpc) is 2.15. The van der Waals surface area contributed by atoms with E-state index in [1.54, 1.807) is 0 Å². The third kappa shape index (κ3) is 5.39. The van der Waals surface area contributed by atoms with Crippen molar-refractivity contribution in [1.29, 1.82) is 0 Å². The summed E-state index contributed by atoms with van der Waals surface area (Å²) in [4.78, 5) is 11.6. The predicted octanol–water partition coefficient (Wildman–Crippen LogP) is 2.42. The van der Waals surface area contributed by atoms with Gasteiger partial charge in [-0.15, -0.1) is 0 Å². The molecule has 0 aliphatic heterocycles. The second kappa shape index (κ2) is 5.71. The SMILES string of the molecule is C[C@@H](NC(=O)OC(C)(C)C)C1CCC(N)CC1. The van der Waals surface area contributed by atoms with E-state index in [-0.39, 0.29) is 12.1 Å². The van der Waals surface area contributed by atoms with E-state index in [0.717, 1.165) is 25.7 Å². The number of carbonyl (C=O) groups is 1. The maximum atomic E-state index is 11.6. The first-order valence-electron chi connectivity index (χ1n) is 6.53. The van der Waals surface area contributed by atoms with Crippen LogP contribution in [0.2, 0.25) is 0 Å². The van der Waals surface area contributed by atoms with Crippen LogP contribution < -0.4 is 11.1 Å². The Morgan fingerprint density at radius 1 is 1.29 bits per heavy atom. The molecule has 1 amide bonds. The van der Waals surface area contributed by atoms with Crippen LogP contribution in [0, 0.1) is 5.92 Å². The highest BCUT2D eigenvalue weighted by molar-refractivity contribution is 5.68. The molecule has 3 N–H and O–H groups in total. The maximum absolute atomic E-state index is 11.6. The fraction of sp³-hybridized carbons (Fsp3) is 0.923. The molecule has 1 saturated carbocycles. The predicted molar refractivity (Wildman–Crippen MR) is 68.8 cm³/mol. The summed E-state index contributed by atoms with van der Waals surface area (Å²) in [5.74, 6) is 0.530. The highest BCUT2D eigenvalue weighted by atomic mass is 16.6. The van der Waals surface area contributed by atoms with Crippen LogP contribution in [0.1, 0.15) is 53.4 Å². The zero-order valence-corrected chi connectivity index (χ0v) is 11.5. The number of amides is 1. The number of rotatable bonds is 2. The molecule has 4 heteroatoms. The van der Waals surface area contributed by atoms with Crippen molar-refractivity contribution in [2.45, 2.75) is 71.1 Å². The van der Waals surface area contributed by atoms with Crippen LogP contribution in [0.3, 0.4) is 0 Å². The molecule has 0 radical (unpaired) electrons. The molecule has 0 heterocycles. The molecule has 1 aliphatic carbocycles. The molecule has 4 nitrogen and oxygen atoms in total. The normalized spacial score (nSPS) is 27.4. The van der Waals surface area contributed by atoms with E-state index in [1.807, 2.05) is 27.7 Å². The van der Waals surface area contributed by atoms with Gasteiger partial charge in [0, 0.05) is 12.1 Å². The summed E-state index contributed by atoms with van der Waals surface area (Å²) in [6.07, 6.45) is 3.99. The maximum Gasteiger partial charge on any atom is 0.407 e. The van der Waals surface area contributed by atoms with Crippen LogP contribution in [-0.4, -0.2) is 23.8 Å². The largest absolute Gasteiger partial charge is 0.444 e. The summed E-state index contributed by atoms with van der Waals surface area (Å²) in [6.45, 7) is 7.66. The van der Waals surface area contributed by atoms with Crippen LogP contribution in [0.5, 0.6) is 0 Å². The van der Waals surface area contributed by atoms with Gasteiger partial charge < -0.3 is 15.8 Å². The Labute approximate surface area is 104 Å². The van der Waals surface area contributed by atoms with Crippen molar-refractivity contribution in [2.24, 2.45) is 11.7 Å². The Hall–Kier alpha value is -0.770. The molecule has 1 aliphatic rings. The smallest absolute Gasteiger partial charge is 0.407 e. The van der Waals surface area contributed by atoms with E-state index < -0.39 is 5.60 Å². The van der Waals surface area contributed by atoms with Gasteiger partial charge in [-0.3, -0.25) is 0 Å². The molecule has 100 valence electrons. The van der Waals surface area contributed by atoms with Gasteiger partial charge >= 0.3 is 6.09 Å². The third-order valence-electron chi connectivity index (χ3n) is 3.27. The van der Waals surface area contributed by atoms with Gasteiger partial charge in [-0.05, 0) is 59.3 Å². The monoisotopic (exact) mass is 242 g/mol. The quantitative estimate of drug-likeness (QED) is 0.781. The van der Waals surface area contributed by atoms with E-state index in [9.17, 15) is 4.79 Å². The highest BCUT2D eigenvalue weighted by Crippen LogP contribution is 2.26. The summed E-state index contributed by atoms with van der Waals surface area (Å²) in [5.41, 5.74) is 5.44. The second-order valence-corrected chi connectivity index (χ2v) is 6.11. The topological polar surface area (TPSA) is 64.3 Å². The Morgan fingerprint density at radius 3 is 2.29 bits per heavy atom. The van der Waals surface area contributed by atoms with Crippen molar-refractivity contribution in [1.82, 2.24) is 5.32 Å². The molecule has 0 aromatic rings. The van der Waals surface area contributed by atoms with E-state index in [1.165, 1.54) is 0 Å². The molecular formula is C13H26N2O2. The van der Waals surface area contributed by atoms with Crippen molar-refractivity contribution in [3.8, 4) is 0 Å². The van der Waals surface area contributed by atoms with Crippen molar-refractivity contribution in [3.05, 3.63) is 0 Å². The van der Waals surface area contributed by atoms with Gasteiger partial charge in [-0.1, -0.05) is 0 Å². The highest BCUT2D eigenvalue weighted by Gasteiger charge is 2.26. The molecule has 0 aromatic carbocycles. The van der Waals surface area contributed by atoms with Gasteiger partial charge in [0.05, 0.1) is 0 Å². The minimum atomic E-state index is -0.432. The Morgan fingerprint density at radius 2 is 1.82 bits per heavy atom. The second-order valence-electron chi connectivity index (χ2n) is 6.11. The molecule has 1 fully saturated rings. The number of nitrogens with one attached hydrogen (secondary N) is 1. The number of alkyl carbamates (subject to hydrolysis) is 1. The lowest BCUT2D eigenvalue weighted by Crippen LogP contribution is -2.43. The fourth-order valence-electron chi connectivity index (χ4n) is 2.26. The Balaban J connectivity index is 2.33. The number of nitrogens with two attached hydrogens (primary N) is 1. The van der Waals surface area contributed by atoms with E-state index in [4.69, 9.17) is 10.5 Å². The van der Waals surface area contributed by atoms with Crippen LogP contribution in [0.15, 0.2) is 0 Å². The van der Waals surface area contributed by atoms with Gasteiger partial charge in [0.25, 0.3) is 0 Å². The van der Waals surface area contributed by atoms with Gasteiger partial charge in [0.2, 0.25) is 0 Å². The van der Waals surface area contributed by atoms with E-state index >= 15 is 0 Å². The minimum Gasteiger partial charge on any atom is -0.444 e. The first kappa shape index (κ1) is 14.3. The minimum absolute atomic E-state index is 0.164. The van der Waals surface area contributed by atoms with Crippen LogP contribution in [0.25, 0.3) is 0 Å². The molecular weight excluding hydrogens is 216 g/mol. The van der Waals surface area contributed by atoms with Crippen LogP contribution >= 0.6 is 0 Å². The van der Waals surface area contributed by atoms with Gasteiger partial charge in [0.15, 0.2) is 0 Å². The molecule has 0 spiro atoms. The number of hydrogen-bond donors (Lipinski definition) is 2. The van der Waals surface area contributed by atoms with Crippen LogP contribution in [-0.2, 0) is 4.74 Å². The molecule has 0 saturated heterocycles. The third-order valence-corrected chi connectivity index (χ3v) is 3.27. The van der Waals surface area contributed by atoms with E-state index in [2.05, 4.69) is 5.32 Å². The van der Waals surface area contributed by atoms with Crippen molar-refractivity contribution in [3.63, 3.8) is 0 Å². The van der Waals surface area contributed by atoms with Crippen molar-refractivity contribution < 1.29 is 9.53 Å². The van der Waals surface area contributed by atoms with Gasteiger partial charge in [-0.25, -0.2) is 4.79 Å². The number of carbonyl (C=O) groups excluding carboxylic acids is 1. The lowest BCUT2D eigenvalue weighted by atomic mass is 9.82. The number of ether oxygens (including phenoxy) is 1. The van der Waals surface area contributed by atoms with Gasteiger partial charge in [0.1, 0.15) is 5.60 Å². The lowest BCUT2D eigenvalue weighted by molar-refractivity contribution is 0.0483. The fourth-order valence-corrected chi connectivity index (χ4v) is 2.26. The van der Waals surface area contributed by atoms with Gasteiger partial charge in [-0.2, -0.15) is 0 Å². The first-order chi connectivity index (χ1) is 7.78. The Kier molecular flexibility index (Phi) is 4.80. The molecule has 1 atom stereocenters.